The second-order valence-electron chi connectivity index (χ2n) is 3.60. The highest BCUT2D eigenvalue weighted by Crippen LogP contribution is 2.05. The minimum atomic E-state index is -0.376. The van der Waals surface area contributed by atoms with Crippen molar-refractivity contribution in [2.24, 2.45) is 5.73 Å². The van der Waals surface area contributed by atoms with Gasteiger partial charge in [0.15, 0.2) is 0 Å². The van der Waals surface area contributed by atoms with Gasteiger partial charge in [0.25, 0.3) is 0 Å². The van der Waals surface area contributed by atoms with E-state index in [2.05, 4.69) is 17.4 Å². The predicted molar refractivity (Wildman–Crippen MR) is 61.4 cm³/mol. The van der Waals surface area contributed by atoms with E-state index in [1.54, 1.807) is 7.05 Å². The van der Waals surface area contributed by atoms with Crippen molar-refractivity contribution in [2.45, 2.75) is 25.3 Å². The van der Waals surface area contributed by atoms with Gasteiger partial charge in [0.1, 0.15) is 0 Å². The Morgan fingerprint density at radius 2 is 2.07 bits per heavy atom. The van der Waals surface area contributed by atoms with E-state index in [0.717, 1.165) is 19.3 Å². The lowest BCUT2D eigenvalue weighted by molar-refractivity contribution is -0.122. The zero-order chi connectivity index (χ0) is 11.1. The summed E-state index contributed by atoms with van der Waals surface area (Å²) in [4.78, 5) is 11.1. The number of likely N-dealkylation sites (N-methyl/N-ethyl adjacent to an activating group) is 1. The summed E-state index contributed by atoms with van der Waals surface area (Å²) < 4.78 is 0. The largest absolute Gasteiger partial charge is 0.358 e. The second kappa shape index (κ2) is 6.19. The Kier molecular flexibility index (Phi) is 4.84. The van der Waals surface area contributed by atoms with E-state index in [9.17, 15) is 4.79 Å². The van der Waals surface area contributed by atoms with Crippen molar-refractivity contribution in [3.8, 4) is 0 Å². The minimum Gasteiger partial charge on any atom is -0.358 e. The molecule has 15 heavy (non-hydrogen) atoms. The third-order valence-electron chi connectivity index (χ3n) is 2.41. The van der Waals surface area contributed by atoms with Gasteiger partial charge in [-0.05, 0) is 24.8 Å². The van der Waals surface area contributed by atoms with E-state index >= 15 is 0 Å². The highest BCUT2D eigenvalue weighted by Gasteiger charge is 2.10. The van der Waals surface area contributed by atoms with Crippen molar-refractivity contribution in [3.63, 3.8) is 0 Å². The quantitative estimate of drug-likeness (QED) is 0.757. The van der Waals surface area contributed by atoms with Crippen LogP contribution < -0.4 is 11.1 Å². The summed E-state index contributed by atoms with van der Waals surface area (Å²) in [7, 11) is 1.61. The molecule has 0 aromatic heterocycles. The number of nitrogens with one attached hydrogen (secondary N) is 1. The van der Waals surface area contributed by atoms with Crippen LogP contribution in [0.15, 0.2) is 30.3 Å². The van der Waals surface area contributed by atoms with Gasteiger partial charge < -0.3 is 11.1 Å². The molecule has 3 nitrogen and oxygen atoms in total. The molecule has 82 valence electrons. The zero-order valence-electron chi connectivity index (χ0n) is 9.07. The molecule has 1 amide bonds. The van der Waals surface area contributed by atoms with Crippen LogP contribution in [-0.4, -0.2) is 19.0 Å². The Bertz CT molecular complexity index is 298. The zero-order valence-corrected chi connectivity index (χ0v) is 9.07. The molecule has 0 radical (unpaired) electrons. The standard InChI is InChI=1S/C12H18N2O/c1-14-12(15)11(13)9-5-8-10-6-3-2-4-7-10/h2-4,6-7,11H,5,8-9,13H2,1H3,(H,14,15)/t11-/m0/s1. The van der Waals surface area contributed by atoms with Crippen LogP contribution in [0, 0.1) is 0 Å². The molecular formula is C12H18N2O. The van der Waals surface area contributed by atoms with Crippen LogP contribution in [0.4, 0.5) is 0 Å². The van der Waals surface area contributed by atoms with Crippen LogP contribution in [0.1, 0.15) is 18.4 Å². The fourth-order valence-corrected chi connectivity index (χ4v) is 1.49. The monoisotopic (exact) mass is 206 g/mol. The summed E-state index contributed by atoms with van der Waals surface area (Å²) in [5.74, 6) is -0.0805. The average Bonchev–Trinajstić information content (AvgIpc) is 2.29. The molecule has 0 heterocycles. The van der Waals surface area contributed by atoms with E-state index in [1.807, 2.05) is 18.2 Å². The second-order valence-corrected chi connectivity index (χ2v) is 3.60. The topological polar surface area (TPSA) is 55.1 Å². The Labute approximate surface area is 90.7 Å². The van der Waals surface area contributed by atoms with Gasteiger partial charge in [-0.2, -0.15) is 0 Å². The van der Waals surface area contributed by atoms with E-state index in [-0.39, 0.29) is 11.9 Å². The average molecular weight is 206 g/mol. The Hall–Kier alpha value is -1.35. The molecule has 1 rings (SSSR count). The number of amides is 1. The van der Waals surface area contributed by atoms with Crippen molar-refractivity contribution in [2.75, 3.05) is 7.05 Å². The Morgan fingerprint density at radius 3 is 2.67 bits per heavy atom. The molecule has 0 saturated heterocycles. The number of carbonyl (C=O) groups excluding carboxylic acids is 1. The van der Waals surface area contributed by atoms with Crippen LogP contribution in [-0.2, 0) is 11.2 Å². The highest BCUT2D eigenvalue weighted by atomic mass is 16.2. The number of benzene rings is 1. The SMILES string of the molecule is CNC(=O)[C@@H](N)CCCc1ccccc1. The molecule has 0 fully saturated rings. The summed E-state index contributed by atoms with van der Waals surface area (Å²) in [5, 5.41) is 2.55. The number of nitrogens with two attached hydrogens (primary N) is 1. The number of hydrogen-bond acceptors (Lipinski definition) is 2. The third kappa shape index (κ3) is 4.13. The van der Waals surface area contributed by atoms with Gasteiger partial charge in [-0.3, -0.25) is 4.79 Å². The van der Waals surface area contributed by atoms with Gasteiger partial charge >= 0.3 is 0 Å². The maximum absolute atomic E-state index is 11.1. The fraction of sp³-hybridized carbons (Fsp3) is 0.417. The van der Waals surface area contributed by atoms with Crippen molar-refractivity contribution >= 4 is 5.91 Å². The molecular weight excluding hydrogens is 188 g/mol. The minimum absolute atomic E-state index is 0.0805. The first kappa shape index (κ1) is 11.7. The van der Waals surface area contributed by atoms with Crippen LogP contribution in [0.2, 0.25) is 0 Å². The van der Waals surface area contributed by atoms with E-state index in [4.69, 9.17) is 5.73 Å². The molecule has 0 aliphatic rings. The van der Waals surface area contributed by atoms with Crippen molar-refractivity contribution in [3.05, 3.63) is 35.9 Å². The maximum Gasteiger partial charge on any atom is 0.236 e. The predicted octanol–water partition coefficient (Wildman–Crippen LogP) is 1.08. The first-order valence-corrected chi connectivity index (χ1v) is 5.25. The molecule has 0 bridgehead atoms. The molecule has 3 heteroatoms. The van der Waals surface area contributed by atoms with Gasteiger partial charge in [-0.1, -0.05) is 30.3 Å². The number of carbonyl (C=O) groups is 1. The van der Waals surface area contributed by atoms with Crippen molar-refractivity contribution in [1.29, 1.82) is 0 Å². The smallest absolute Gasteiger partial charge is 0.236 e. The first-order chi connectivity index (χ1) is 7.24. The molecule has 0 aliphatic carbocycles. The lowest BCUT2D eigenvalue weighted by atomic mass is 10.0. The van der Waals surface area contributed by atoms with Crippen LogP contribution >= 0.6 is 0 Å². The maximum atomic E-state index is 11.1. The lowest BCUT2D eigenvalue weighted by Gasteiger charge is -2.09. The fourth-order valence-electron chi connectivity index (χ4n) is 1.49. The van der Waals surface area contributed by atoms with Crippen LogP contribution in [0.3, 0.4) is 0 Å². The first-order valence-electron chi connectivity index (χ1n) is 5.25. The number of aryl methyl sites for hydroxylation is 1. The highest BCUT2D eigenvalue weighted by molar-refractivity contribution is 5.81. The molecule has 1 aromatic rings. The summed E-state index contributed by atoms with van der Waals surface area (Å²) in [6.07, 6.45) is 2.65. The molecule has 0 aliphatic heterocycles. The number of rotatable bonds is 5. The molecule has 0 saturated carbocycles. The lowest BCUT2D eigenvalue weighted by Crippen LogP contribution is -2.38. The van der Waals surface area contributed by atoms with Gasteiger partial charge in [0, 0.05) is 7.05 Å². The van der Waals surface area contributed by atoms with Gasteiger partial charge in [0.2, 0.25) is 5.91 Å². The molecule has 3 N–H and O–H groups in total. The molecule has 0 spiro atoms. The summed E-state index contributed by atoms with van der Waals surface area (Å²) in [5.41, 5.74) is 6.97. The Balaban J connectivity index is 2.25. The summed E-state index contributed by atoms with van der Waals surface area (Å²) in [6.45, 7) is 0. The molecule has 0 unspecified atom stereocenters. The van der Waals surface area contributed by atoms with Gasteiger partial charge in [0.05, 0.1) is 6.04 Å². The van der Waals surface area contributed by atoms with Crippen molar-refractivity contribution in [1.82, 2.24) is 5.32 Å². The molecule has 1 aromatic carbocycles. The van der Waals surface area contributed by atoms with E-state index < -0.39 is 0 Å². The van der Waals surface area contributed by atoms with E-state index in [0.29, 0.717) is 0 Å². The summed E-state index contributed by atoms with van der Waals surface area (Å²) in [6, 6.07) is 9.84. The molecule has 1 atom stereocenters. The van der Waals surface area contributed by atoms with Gasteiger partial charge in [-0.15, -0.1) is 0 Å². The van der Waals surface area contributed by atoms with Crippen molar-refractivity contribution < 1.29 is 4.79 Å². The normalized spacial score (nSPS) is 12.1. The summed E-state index contributed by atoms with van der Waals surface area (Å²) >= 11 is 0. The Morgan fingerprint density at radius 1 is 1.40 bits per heavy atom. The van der Waals surface area contributed by atoms with Crippen LogP contribution in [0.5, 0.6) is 0 Å². The number of hydrogen-bond donors (Lipinski definition) is 2. The van der Waals surface area contributed by atoms with Crippen LogP contribution in [0.25, 0.3) is 0 Å². The van der Waals surface area contributed by atoms with E-state index in [1.165, 1.54) is 5.56 Å². The third-order valence-corrected chi connectivity index (χ3v) is 2.41. The van der Waals surface area contributed by atoms with Gasteiger partial charge in [-0.25, -0.2) is 0 Å².